The van der Waals surface area contributed by atoms with Gasteiger partial charge in [0.05, 0.1) is 0 Å². The van der Waals surface area contributed by atoms with Crippen molar-refractivity contribution in [2.24, 2.45) is 0 Å². The van der Waals surface area contributed by atoms with Crippen LogP contribution < -0.4 is 9.47 Å². The Kier molecular flexibility index (Phi) is 6.33. The first-order valence-electron chi connectivity index (χ1n) is 9.90. The van der Waals surface area contributed by atoms with Gasteiger partial charge in [-0.05, 0) is 72.0 Å². The Morgan fingerprint density at radius 1 is 0.586 bits per heavy atom. The van der Waals surface area contributed by atoms with Crippen molar-refractivity contribution in [2.45, 2.75) is 19.3 Å². The van der Waals surface area contributed by atoms with E-state index >= 15 is 0 Å². The minimum atomic E-state index is 0.697. The average Bonchev–Trinajstić information content (AvgIpc) is 2.76. The summed E-state index contributed by atoms with van der Waals surface area (Å²) in [6.07, 6.45) is 3.16. The molecule has 0 heterocycles. The van der Waals surface area contributed by atoms with Crippen LogP contribution in [-0.4, -0.2) is 5.88 Å². The van der Waals surface area contributed by atoms with Crippen LogP contribution in [0.1, 0.15) is 18.4 Å². The smallest absolute Gasteiger partial charge is 0.170 e. The van der Waals surface area contributed by atoms with Gasteiger partial charge in [0.2, 0.25) is 0 Å². The Morgan fingerprint density at radius 3 is 1.76 bits per heavy atom. The van der Waals surface area contributed by atoms with E-state index in [-0.39, 0.29) is 0 Å². The van der Waals surface area contributed by atoms with Crippen molar-refractivity contribution >= 4 is 22.4 Å². The molecule has 0 atom stereocenters. The first-order valence-corrected chi connectivity index (χ1v) is 10.4. The van der Waals surface area contributed by atoms with Gasteiger partial charge in [0, 0.05) is 5.88 Å². The Hall–Kier alpha value is -2.97. The van der Waals surface area contributed by atoms with E-state index in [2.05, 4.69) is 24.3 Å². The molecular formula is C26H23ClO2. The van der Waals surface area contributed by atoms with Crippen molar-refractivity contribution in [1.82, 2.24) is 0 Å². The topological polar surface area (TPSA) is 18.5 Å². The van der Waals surface area contributed by atoms with Crippen molar-refractivity contribution in [3.63, 3.8) is 0 Å². The lowest BCUT2D eigenvalue weighted by molar-refractivity contribution is 0.420. The normalized spacial score (nSPS) is 10.8. The number of rotatable bonds is 8. The van der Waals surface area contributed by atoms with E-state index in [1.54, 1.807) is 0 Å². The molecule has 0 amide bonds. The van der Waals surface area contributed by atoms with Crippen molar-refractivity contribution in [3.05, 3.63) is 96.6 Å². The third kappa shape index (κ3) is 5.10. The quantitative estimate of drug-likeness (QED) is 0.219. The number of para-hydroxylation sites is 2. The largest absolute Gasteiger partial charge is 0.453 e. The lowest BCUT2D eigenvalue weighted by Crippen LogP contribution is -1.92. The van der Waals surface area contributed by atoms with Crippen LogP contribution in [0, 0.1) is 0 Å². The second-order valence-corrected chi connectivity index (χ2v) is 7.33. The fraction of sp³-hybridized carbons (Fsp3) is 0.154. The summed E-state index contributed by atoms with van der Waals surface area (Å²) < 4.78 is 12.3. The van der Waals surface area contributed by atoms with E-state index in [1.165, 1.54) is 5.56 Å². The zero-order chi connectivity index (χ0) is 19.9. The Labute approximate surface area is 176 Å². The number of unbranched alkanes of at least 4 members (excludes halogenated alkanes) is 1. The molecule has 0 radical (unpaired) electrons. The van der Waals surface area contributed by atoms with Gasteiger partial charge in [-0.3, -0.25) is 0 Å². The van der Waals surface area contributed by atoms with Crippen LogP contribution in [0.3, 0.4) is 0 Å². The molecule has 0 saturated carbocycles. The van der Waals surface area contributed by atoms with Crippen molar-refractivity contribution in [1.29, 1.82) is 0 Å². The van der Waals surface area contributed by atoms with Gasteiger partial charge in [0.15, 0.2) is 11.5 Å². The lowest BCUT2D eigenvalue weighted by Gasteiger charge is -2.14. The molecule has 2 nitrogen and oxygen atoms in total. The van der Waals surface area contributed by atoms with Gasteiger partial charge in [0.1, 0.15) is 11.5 Å². The minimum absolute atomic E-state index is 0.697. The van der Waals surface area contributed by atoms with E-state index < -0.39 is 0 Å². The molecule has 0 unspecified atom stereocenters. The molecule has 3 heteroatoms. The zero-order valence-corrected chi connectivity index (χ0v) is 16.9. The fourth-order valence-corrected chi connectivity index (χ4v) is 3.46. The van der Waals surface area contributed by atoms with Gasteiger partial charge in [-0.2, -0.15) is 0 Å². The number of hydrogen-bond acceptors (Lipinski definition) is 2. The molecule has 4 aromatic rings. The van der Waals surface area contributed by atoms with E-state index in [4.69, 9.17) is 21.1 Å². The summed E-state index contributed by atoms with van der Waals surface area (Å²) in [5, 5.41) is 2.26. The number of aryl methyl sites for hydroxylation is 1. The number of alkyl halides is 1. The summed E-state index contributed by atoms with van der Waals surface area (Å²) in [7, 11) is 0. The first-order chi connectivity index (χ1) is 14.3. The Morgan fingerprint density at radius 2 is 1.17 bits per heavy atom. The highest BCUT2D eigenvalue weighted by atomic mass is 35.5. The molecular weight excluding hydrogens is 380 g/mol. The van der Waals surface area contributed by atoms with Crippen LogP contribution in [0.15, 0.2) is 91.0 Å². The highest BCUT2D eigenvalue weighted by molar-refractivity contribution is 6.17. The summed E-state index contributed by atoms with van der Waals surface area (Å²) in [5.74, 6) is 3.67. The van der Waals surface area contributed by atoms with Crippen molar-refractivity contribution < 1.29 is 9.47 Å². The van der Waals surface area contributed by atoms with Crippen LogP contribution in [0.2, 0.25) is 0 Å². The Bertz CT molecular complexity index is 1060. The molecule has 0 aliphatic heterocycles. The van der Waals surface area contributed by atoms with E-state index in [9.17, 15) is 0 Å². The fourth-order valence-electron chi connectivity index (χ4n) is 3.28. The van der Waals surface area contributed by atoms with Crippen LogP contribution >= 0.6 is 11.6 Å². The molecule has 0 N–H and O–H groups in total. The maximum atomic E-state index is 6.19. The lowest BCUT2D eigenvalue weighted by atomic mass is 10.0. The van der Waals surface area contributed by atoms with Crippen LogP contribution in [0.4, 0.5) is 0 Å². The molecule has 0 aliphatic carbocycles. The van der Waals surface area contributed by atoms with Gasteiger partial charge in [-0.25, -0.2) is 0 Å². The standard InChI is InChI=1S/C26H23ClO2/c27-16-8-7-9-20-14-15-21-18-25(28-23-10-3-1-4-11-23)26(19-22(21)17-20)29-24-12-5-2-6-13-24/h1-6,10-15,17-19H,7-9,16H2. The predicted molar refractivity (Wildman–Crippen MR) is 121 cm³/mol. The van der Waals surface area contributed by atoms with Crippen LogP contribution in [0.25, 0.3) is 10.8 Å². The van der Waals surface area contributed by atoms with E-state index in [1.807, 2.05) is 66.7 Å². The molecule has 0 saturated heterocycles. The minimum Gasteiger partial charge on any atom is -0.453 e. The molecule has 4 aromatic carbocycles. The van der Waals surface area contributed by atoms with Gasteiger partial charge < -0.3 is 9.47 Å². The summed E-state index contributed by atoms with van der Waals surface area (Å²) in [5.41, 5.74) is 1.31. The molecule has 0 aliphatic rings. The SMILES string of the molecule is ClCCCCc1ccc2cc(Oc3ccccc3)c(Oc3ccccc3)cc2c1. The number of hydrogen-bond donors (Lipinski definition) is 0. The van der Waals surface area contributed by atoms with E-state index in [0.29, 0.717) is 17.4 Å². The predicted octanol–water partition coefficient (Wildman–Crippen LogP) is 7.99. The summed E-state index contributed by atoms with van der Waals surface area (Å²) in [4.78, 5) is 0. The zero-order valence-electron chi connectivity index (χ0n) is 16.2. The van der Waals surface area contributed by atoms with E-state index in [0.717, 1.165) is 41.5 Å². The highest BCUT2D eigenvalue weighted by Gasteiger charge is 2.11. The highest BCUT2D eigenvalue weighted by Crippen LogP contribution is 2.38. The van der Waals surface area contributed by atoms with Gasteiger partial charge >= 0.3 is 0 Å². The number of fused-ring (bicyclic) bond motifs is 1. The third-order valence-electron chi connectivity index (χ3n) is 4.76. The van der Waals surface area contributed by atoms with Gasteiger partial charge in [-0.1, -0.05) is 54.6 Å². The number of halogens is 1. The Balaban J connectivity index is 1.70. The third-order valence-corrected chi connectivity index (χ3v) is 5.03. The molecule has 0 bridgehead atoms. The number of ether oxygens (including phenoxy) is 2. The van der Waals surface area contributed by atoms with Crippen molar-refractivity contribution in [3.8, 4) is 23.0 Å². The molecule has 0 spiro atoms. The molecule has 29 heavy (non-hydrogen) atoms. The number of benzene rings is 4. The average molecular weight is 403 g/mol. The van der Waals surface area contributed by atoms with Crippen LogP contribution in [-0.2, 0) is 6.42 Å². The monoisotopic (exact) mass is 402 g/mol. The second kappa shape index (κ2) is 9.49. The molecule has 0 aromatic heterocycles. The van der Waals surface area contributed by atoms with Crippen molar-refractivity contribution in [2.75, 3.05) is 5.88 Å². The summed E-state index contributed by atoms with van der Waals surface area (Å²) in [6.45, 7) is 0. The molecule has 146 valence electrons. The molecule has 4 rings (SSSR count). The van der Waals surface area contributed by atoms with Gasteiger partial charge in [0.25, 0.3) is 0 Å². The summed E-state index contributed by atoms with van der Waals surface area (Å²) in [6, 6.07) is 30.2. The molecule has 0 fully saturated rings. The first kappa shape index (κ1) is 19.4. The van der Waals surface area contributed by atoms with Gasteiger partial charge in [-0.15, -0.1) is 11.6 Å². The maximum Gasteiger partial charge on any atom is 0.170 e. The maximum absolute atomic E-state index is 6.19. The van der Waals surface area contributed by atoms with Crippen LogP contribution in [0.5, 0.6) is 23.0 Å². The second-order valence-electron chi connectivity index (χ2n) is 6.96. The summed E-state index contributed by atoms with van der Waals surface area (Å²) >= 11 is 5.81.